The van der Waals surface area contributed by atoms with E-state index in [2.05, 4.69) is 20.5 Å². The summed E-state index contributed by atoms with van der Waals surface area (Å²) < 4.78 is 0.416. The average Bonchev–Trinajstić information content (AvgIpc) is 2.52. The van der Waals surface area contributed by atoms with Crippen LogP contribution in [0.25, 0.3) is 0 Å². The summed E-state index contributed by atoms with van der Waals surface area (Å²) in [7, 11) is 1.91. The third-order valence-corrected chi connectivity index (χ3v) is 1.78. The van der Waals surface area contributed by atoms with Gasteiger partial charge in [-0.2, -0.15) is 4.98 Å². The van der Waals surface area contributed by atoms with Gasteiger partial charge in [-0.05, 0) is 32.2 Å². The highest BCUT2D eigenvalue weighted by molar-refractivity contribution is 7.71. The number of hydrazine groups is 1. The van der Waals surface area contributed by atoms with Crippen LogP contribution in [0.4, 0.5) is 5.95 Å². The first-order valence-corrected chi connectivity index (χ1v) is 4.46. The van der Waals surface area contributed by atoms with Crippen molar-refractivity contribution in [3.63, 3.8) is 0 Å². The van der Waals surface area contributed by atoms with E-state index in [1.165, 1.54) is 5.01 Å². The molecule has 0 spiro atoms. The van der Waals surface area contributed by atoms with Gasteiger partial charge in [-0.3, -0.25) is 15.2 Å². The summed E-state index contributed by atoms with van der Waals surface area (Å²) in [5, 5.41) is 10.0. The van der Waals surface area contributed by atoms with Crippen LogP contribution in [0.1, 0.15) is 6.42 Å². The third kappa shape index (κ3) is 3.13. The smallest absolute Gasteiger partial charge is 0.234 e. The molecule has 1 rings (SSSR count). The van der Waals surface area contributed by atoms with Crippen LogP contribution in [0.3, 0.4) is 0 Å². The molecular weight excluding hydrogens is 188 g/mol. The summed E-state index contributed by atoms with van der Waals surface area (Å²) in [4.78, 5) is 3.97. The van der Waals surface area contributed by atoms with Gasteiger partial charge >= 0.3 is 0 Å². The predicted molar refractivity (Wildman–Crippen MR) is 53.8 cm³/mol. The average molecular weight is 202 g/mol. The second kappa shape index (κ2) is 4.95. The zero-order valence-corrected chi connectivity index (χ0v) is 8.32. The van der Waals surface area contributed by atoms with Gasteiger partial charge in [0, 0.05) is 6.54 Å². The summed E-state index contributed by atoms with van der Waals surface area (Å²) in [6.07, 6.45) is 0.959. The highest BCUT2D eigenvalue weighted by atomic mass is 32.1. The van der Waals surface area contributed by atoms with Crippen molar-refractivity contribution in [3.05, 3.63) is 4.77 Å². The minimum Gasteiger partial charge on any atom is -0.320 e. The normalized spacial score (nSPS) is 10.3. The first-order valence-electron chi connectivity index (χ1n) is 4.05. The molecule has 0 saturated heterocycles. The summed E-state index contributed by atoms with van der Waals surface area (Å²) in [6, 6.07) is 0. The molecule has 1 heterocycles. The van der Waals surface area contributed by atoms with E-state index in [9.17, 15) is 0 Å². The maximum absolute atomic E-state index is 5.69. The Morgan fingerprint density at radius 1 is 1.62 bits per heavy atom. The number of hydrogen-bond donors (Lipinski definition) is 4. The lowest BCUT2D eigenvalue weighted by Gasteiger charge is -2.13. The molecule has 6 nitrogen and oxygen atoms in total. The lowest BCUT2D eigenvalue weighted by atomic mass is 10.4. The molecule has 0 bridgehead atoms. The van der Waals surface area contributed by atoms with Crippen LogP contribution in [0, 0.1) is 4.77 Å². The zero-order valence-electron chi connectivity index (χ0n) is 7.50. The van der Waals surface area contributed by atoms with Crippen molar-refractivity contribution in [2.24, 2.45) is 5.84 Å². The lowest BCUT2D eigenvalue weighted by Crippen LogP contribution is -2.34. The van der Waals surface area contributed by atoms with E-state index < -0.39 is 0 Å². The van der Waals surface area contributed by atoms with Crippen molar-refractivity contribution < 1.29 is 0 Å². The summed E-state index contributed by atoms with van der Waals surface area (Å²) >= 11 is 4.80. The minimum atomic E-state index is 0.416. The number of nitrogens with one attached hydrogen (secondary N) is 3. The molecule has 74 valence electrons. The fourth-order valence-corrected chi connectivity index (χ4v) is 1.07. The zero-order chi connectivity index (χ0) is 9.68. The number of nitrogens with two attached hydrogens (primary N) is 1. The van der Waals surface area contributed by atoms with Crippen LogP contribution in [-0.4, -0.2) is 35.3 Å². The molecule has 5 N–H and O–H groups in total. The van der Waals surface area contributed by atoms with Gasteiger partial charge in [-0.25, -0.2) is 5.84 Å². The largest absolute Gasteiger partial charge is 0.320 e. The molecule has 0 radical (unpaired) electrons. The Kier molecular flexibility index (Phi) is 3.87. The van der Waals surface area contributed by atoms with Gasteiger partial charge in [0.25, 0.3) is 0 Å². The molecule has 0 atom stereocenters. The van der Waals surface area contributed by atoms with Gasteiger partial charge in [0.15, 0.2) is 0 Å². The van der Waals surface area contributed by atoms with Gasteiger partial charge in [-0.1, -0.05) is 0 Å². The number of anilines is 1. The fraction of sp³-hybridized carbons (Fsp3) is 0.667. The molecule has 0 amide bonds. The van der Waals surface area contributed by atoms with Crippen LogP contribution in [0.15, 0.2) is 0 Å². The van der Waals surface area contributed by atoms with Gasteiger partial charge in [-0.15, -0.1) is 0 Å². The van der Waals surface area contributed by atoms with E-state index in [-0.39, 0.29) is 0 Å². The third-order valence-electron chi connectivity index (χ3n) is 1.59. The number of aromatic amines is 2. The first-order chi connectivity index (χ1) is 6.24. The monoisotopic (exact) mass is 202 g/mol. The number of rotatable bonds is 5. The molecule has 0 aromatic carbocycles. The second-order valence-electron chi connectivity index (χ2n) is 2.64. The maximum Gasteiger partial charge on any atom is 0.234 e. The van der Waals surface area contributed by atoms with Crippen molar-refractivity contribution in [2.75, 3.05) is 25.1 Å². The molecule has 0 saturated carbocycles. The highest BCUT2D eigenvalue weighted by Crippen LogP contribution is 1.99. The molecule has 1 aromatic heterocycles. The van der Waals surface area contributed by atoms with Crippen molar-refractivity contribution in [1.82, 2.24) is 20.5 Å². The molecule has 0 unspecified atom stereocenters. The van der Waals surface area contributed by atoms with Crippen molar-refractivity contribution >= 4 is 18.2 Å². The van der Waals surface area contributed by atoms with E-state index in [0.717, 1.165) is 19.5 Å². The molecule has 0 aliphatic carbocycles. The van der Waals surface area contributed by atoms with Crippen LogP contribution in [0.5, 0.6) is 0 Å². The van der Waals surface area contributed by atoms with E-state index in [1.807, 2.05) is 7.05 Å². The van der Waals surface area contributed by atoms with E-state index in [0.29, 0.717) is 10.7 Å². The lowest BCUT2D eigenvalue weighted by molar-refractivity contribution is 0.686. The fourth-order valence-electron chi connectivity index (χ4n) is 0.930. The van der Waals surface area contributed by atoms with Crippen LogP contribution >= 0.6 is 12.2 Å². The maximum atomic E-state index is 5.69. The Morgan fingerprint density at radius 3 is 2.92 bits per heavy atom. The summed E-state index contributed by atoms with van der Waals surface area (Å²) in [5.41, 5.74) is 0. The van der Waals surface area contributed by atoms with Crippen molar-refractivity contribution in [2.45, 2.75) is 6.42 Å². The van der Waals surface area contributed by atoms with Crippen molar-refractivity contribution in [3.8, 4) is 0 Å². The summed E-state index contributed by atoms with van der Waals surface area (Å²) in [5.74, 6) is 6.27. The van der Waals surface area contributed by atoms with Gasteiger partial charge < -0.3 is 5.32 Å². The van der Waals surface area contributed by atoms with E-state index in [4.69, 9.17) is 18.1 Å². The van der Waals surface area contributed by atoms with Crippen LogP contribution in [0.2, 0.25) is 0 Å². The van der Waals surface area contributed by atoms with E-state index >= 15 is 0 Å². The van der Waals surface area contributed by atoms with Crippen LogP contribution in [-0.2, 0) is 0 Å². The number of hydrogen-bond acceptors (Lipinski definition) is 5. The number of nitrogens with zero attached hydrogens (tertiary/aromatic N) is 2. The van der Waals surface area contributed by atoms with Crippen molar-refractivity contribution in [1.29, 1.82) is 0 Å². The molecule has 13 heavy (non-hydrogen) atoms. The Labute approximate surface area is 81.5 Å². The first kappa shape index (κ1) is 10.2. The van der Waals surface area contributed by atoms with Gasteiger partial charge in [0.2, 0.25) is 10.7 Å². The standard InChI is InChI=1S/C6H14N6S/c1-8-3-2-4-12(7)5-9-6(13)11-10-5/h8H,2-4,7H2,1H3,(H2,9,10,11,13). The summed E-state index contributed by atoms with van der Waals surface area (Å²) in [6.45, 7) is 1.66. The molecule has 1 aromatic rings. The Hall–Kier alpha value is -0.920. The minimum absolute atomic E-state index is 0.416. The Bertz CT molecular complexity index is 291. The molecule has 0 fully saturated rings. The predicted octanol–water partition coefficient (Wildman–Crippen LogP) is -0.243. The SMILES string of the molecule is CNCCCN(N)c1nc(=S)[nH][nH]1. The van der Waals surface area contributed by atoms with E-state index in [1.54, 1.807) is 0 Å². The Balaban J connectivity index is 2.39. The quantitative estimate of drug-likeness (QED) is 0.229. The second-order valence-corrected chi connectivity index (χ2v) is 3.03. The number of H-pyrrole nitrogens is 2. The number of aromatic nitrogens is 3. The van der Waals surface area contributed by atoms with Crippen LogP contribution < -0.4 is 16.2 Å². The molecular formula is C6H14N6S. The van der Waals surface area contributed by atoms with Gasteiger partial charge in [0.05, 0.1) is 0 Å². The Morgan fingerprint density at radius 2 is 2.38 bits per heavy atom. The topological polar surface area (TPSA) is 85.8 Å². The molecule has 0 aliphatic rings. The molecule has 7 heteroatoms. The molecule has 0 aliphatic heterocycles. The van der Waals surface area contributed by atoms with Gasteiger partial charge in [0.1, 0.15) is 0 Å². The highest BCUT2D eigenvalue weighted by Gasteiger charge is 2.02.